The number of carbonyl (C=O) groups is 2. The van der Waals surface area contributed by atoms with Crippen molar-refractivity contribution in [3.05, 3.63) is 29.6 Å². The number of carbonyl (C=O) groups excluding carboxylic acids is 1. The average molecular weight is 296 g/mol. The average Bonchev–Trinajstić information content (AvgIpc) is 2.50. The highest BCUT2D eigenvalue weighted by atomic mass is 16.5. The molecule has 1 N–H and O–H groups in total. The quantitative estimate of drug-likeness (QED) is 0.681. The van der Waals surface area contributed by atoms with E-state index >= 15 is 0 Å². The highest BCUT2D eigenvalue weighted by Gasteiger charge is 2.18. The number of carboxylic acids is 1. The van der Waals surface area contributed by atoms with E-state index in [0.29, 0.717) is 32.7 Å². The molecule has 21 heavy (non-hydrogen) atoms. The van der Waals surface area contributed by atoms with Gasteiger partial charge in [-0.1, -0.05) is 0 Å². The van der Waals surface area contributed by atoms with Crippen LogP contribution >= 0.6 is 0 Å². The molecule has 0 radical (unpaired) electrons. The molecule has 0 aliphatic rings. The first-order chi connectivity index (χ1) is 10.1. The maximum absolute atomic E-state index is 12.4. The molecule has 116 valence electrons. The molecule has 0 fully saturated rings. The standard InChI is InChI=1S/C14H20N2O5/c1-20-8-3-6-16(7-9-21-2)13(17)12-10-11(14(18)19)4-5-15-12/h4-5,10H,3,6-9H2,1-2H3,(H,18,19). The summed E-state index contributed by atoms with van der Waals surface area (Å²) >= 11 is 0. The molecule has 0 unspecified atom stereocenters. The van der Waals surface area contributed by atoms with Crippen LogP contribution in [0.5, 0.6) is 0 Å². The van der Waals surface area contributed by atoms with Crippen LogP contribution in [0.4, 0.5) is 0 Å². The van der Waals surface area contributed by atoms with E-state index in [9.17, 15) is 9.59 Å². The molecule has 1 aromatic rings. The topological polar surface area (TPSA) is 89.0 Å². The number of ether oxygens (including phenoxy) is 2. The molecule has 0 saturated carbocycles. The van der Waals surface area contributed by atoms with E-state index < -0.39 is 5.97 Å². The number of pyridine rings is 1. The highest BCUT2D eigenvalue weighted by Crippen LogP contribution is 2.07. The summed E-state index contributed by atoms with van der Waals surface area (Å²) in [6, 6.07) is 2.63. The monoisotopic (exact) mass is 296 g/mol. The second kappa shape index (κ2) is 9.04. The molecular weight excluding hydrogens is 276 g/mol. The van der Waals surface area contributed by atoms with Crippen molar-refractivity contribution in [2.45, 2.75) is 6.42 Å². The Bertz CT molecular complexity index is 478. The Kier molecular flexibility index (Phi) is 7.34. The van der Waals surface area contributed by atoms with Crippen LogP contribution in [0.1, 0.15) is 27.3 Å². The van der Waals surface area contributed by atoms with E-state index in [0.717, 1.165) is 0 Å². The van der Waals surface area contributed by atoms with Gasteiger partial charge < -0.3 is 19.5 Å². The number of hydrogen-bond donors (Lipinski definition) is 1. The summed E-state index contributed by atoms with van der Waals surface area (Å²) < 4.78 is 9.96. The van der Waals surface area contributed by atoms with Crippen molar-refractivity contribution in [1.29, 1.82) is 0 Å². The number of aromatic nitrogens is 1. The summed E-state index contributed by atoms with van der Waals surface area (Å²) in [5, 5.41) is 8.96. The summed E-state index contributed by atoms with van der Waals surface area (Å²) in [7, 11) is 3.15. The van der Waals surface area contributed by atoms with Crippen LogP contribution in [0.15, 0.2) is 18.3 Å². The van der Waals surface area contributed by atoms with Gasteiger partial charge >= 0.3 is 5.97 Å². The summed E-state index contributed by atoms with van der Waals surface area (Å²) in [6.07, 6.45) is 2.00. The number of rotatable bonds is 9. The van der Waals surface area contributed by atoms with Gasteiger partial charge in [-0.25, -0.2) is 4.79 Å². The predicted molar refractivity (Wildman–Crippen MR) is 75.5 cm³/mol. The fourth-order valence-electron chi connectivity index (χ4n) is 1.76. The van der Waals surface area contributed by atoms with Crippen LogP contribution in [-0.4, -0.2) is 67.4 Å². The van der Waals surface area contributed by atoms with Gasteiger partial charge in [0.15, 0.2) is 0 Å². The molecule has 0 spiro atoms. The Morgan fingerprint density at radius 3 is 2.57 bits per heavy atom. The SMILES string of the molecule is COCCCN(CCOC)C(=O)c1cc(C(=O)O)ccn1. The maximum Gasteiger partial charge on any atom is 0.335 e. The van der Waals surface area contributed by atoms with E-state index in [2.05, 4.69) is 4.98 Å². The summed E-state index contributed by atoms with van der Waals surface area (Å²) in [5.74, 6) is -1.40. The zero-order chi connectivity index (χ0) is 15.7. The van der Waals surface area contributed by atoms with Crippen LogP contribution in [0.2, 0.25) is 0 Å². The van der Waals surface area contributed by atoms with Gasteiger partial charge in [0.1, 0.15) is 5.69 Å². The van der Waals surface area contributed by atoms with Crippen molar-refractivity contribution in [1.82, 2.24) is 9.88 Å². The first-order valence-electron chi connectivity index (χ1n) is 6.56. The summed E-state index contributed by atoms with van der Waals surface area (Å²) in [5.41, 5.74) is 0.153. The third-order valence-electron chi connectivity index (χ3n) is 2.86. The van der Waals surface area contributed by atoms with Crippen molar-refractivity contribution in [3.8, 4) is 0 Å². The van der Waals surface area contributed by atoms with E-state index in [4.69, 9.17) is 14.6 Å². The van der Waals surface area contributed by atoms with Crippen molar-refractivity contribution in [2.75, 3.05) is 40.5 Å². The molecule has 0 atom stereocenters. The van der Waals surface area contributed by atoms with E-state index in [-0.39, 0.29) is 17.2 Å². The number of aromatic carboxylic acids is 1. The van der Waals surface area contributed by atoms with Crippen LogP contribution in [-0.2, 0) is 9.47 Å². The van der Waals surface area contributed by atoms with Crippen LogP contribution in [0.3, 0.4) is 0 Å². The number of carboxylic acid groups (broad SMARTS) is 1. The second-order valence-electron chi connectivity index (χ2n) is 4.37. The van der Waals surface area contributed by atoms with Crippen molar-refractivity contribution in [2.24, 2.45) is 0 Å². The molecule has 7 nitrogen and oxygen atoms in total. The fraction of sp³-hybridized carbons (Fsp3) is 0.500. The number of hydrogen-bond acceptors (Lipinski definition) is 5. The van der Waals surface area contributed by atoms with Crippen LogP contribution in [0.25, 0.3) is 0 Å². The van der Waals surface area contributed by atoms with Gasteiger partial charge in [-0.3, -0.25) is 9.78 Å². The van der Waals surface area contributed by atoms with E-state index in [1.807, 2.05) is 0 Å². The highest BCUT2D eigenvalue weighted by molar-refractivity contribution is 5.95. The summed E-state index contributed by atoms with van der Waals surface area (Å²) in [4.78, 5) is 28.9. The lowest BCUT2D eigenvalue weighted by Crippen LogP contribution is -2.35. The Hall–Kier alpha value is -1.99. The van der Waals surface area contributed by atoms with Gasteiger partial charge in [-0.05, 0) is 18.6 Å². The molecule has 0 bridgehead atoms. The van der Waals surface area contributed by atoms with Crippen LogP contribution < -0.4 is 0 Å². The smallest absolute Gasteiger partial charge is 0.335 e. The molecule has 0 aliphatic heterocycles. The molecule has 1 aromatic heterocycles. The molecular formula is C14H20N2O5. The van der Waals surface area contributed by atoms with Gasteiger partial charge in [-0.15, -0.1) is 0 Å². The van der Waals surface area contributed by atoms with Gasteiger partial charge in [-0.2, -0.15) is 0 Å². The lowest BCUT2D eigenvalue weighted by molar-refractivity contribution is 0.0668. The Balaban J connectivity index is 2.82. The second-order valence-corrected chi connectivity index (χ2v) is 4.37. The van der Waals surface area contributed by atoms with Crippen molar-refractivity contribution < 1.29 is 24.2 Å². The minimum absolute atomic E-state index is 0.0388. The zero-order valence-electron chi connectivity index (χ0n) is 12.2. The molecule has 0 saturated heterocycles. The Labute approximate surface area is 123 Å². The minimum Gasteiger partial charge on any atom is -0.478 e. The normalized spacial score (nSPS) is 10.4. The van der Waals surface area contributed by atoms with Crippen molar-refractivity contribution >= 4 is 11.9 Å². The lowest BCUT2D eigenvalue weighted by Gasteiger charge is -2.22. The minimum atomic E-state index is -1.09. The Morgan fingerprint density at radius 1 is 1.24 bits per heavy atom. The lowest BCUT2D eigenvalue weighted by atomic mass is 10.2. The molecule has 0 aromatic carbocycles. The fourth-order valence-corrected chi connectivity index (χ4v) is 1.76. The molecule has 1 amide bonds. The number of amides is 1. The summed E-state index contributed by atoms with van der Waals surface area (Å²) in [6.45, 7) is 1.85. The largest absolute Gasteiger partial charge is 0.478 e. The van der Waals surface area contributed by atoms with E-state index in [1.165, 1.54) is 18.3 Å². The third-order valence-corrected chi connectivity index (χ3v) is 2.86. The zero-order valence-corrected chi connectivity index (χ0v) is 12.2. The molecule has 1 rings (SSSR count). The first-order valence-corrected chi connectivity index (χ1v) is 6.56. The molecule has 0 aliphatic carbocycles. The van der Waals surface area contributed by atoms with Gasteiger partial charge in [0, 0.05) is 40.1 Å². The number of methoxy groups -OCH3 is 2. The molecule has 1 heterocycles. The predicted octanol–water partition coefficient (Wildman–Crippen LogP) is 0.905. The molecule has 7 heteroatoms. The first kappa shape index (κ1) is 17.1. The van der Waals surface area contributed by atoms with Gasteiger partial charge in [0.2, 0.25) is 0 Å². The van der Waals surface area contributed by atoms with Gasteiger partial charge in [0.05, 0.1) is 12.2 Å². The Morgan fingerprint density at radius 2 is 1.95 bits per heavy atom. The maximum atomic E-state index is 12.4. The van der Waals surface area contributed by atoms with Crippen molar-refractivity contribution in [3.63, 3.8) is 0 Å². The third kappa shape index (κ3) is 5.49. The van der Waals surface area contributed by atoms with E-state index in [1.54, 1.807) is 19.1 Å². The van der Waals surface area contributed by atoms with Crippen LogP contribution in [0, 0.1) is 0 Å². The van der Waals surface area contributed by atoms with Gasteiger partial charge in [0.25, 0.3) is 5.91 Å². The number of nitrogens with zero attached hydrogens (tertiary/aromatic N) is 2.